The number of nitrogens with two attached hydrogens (primary N) is 2. The lowest BCUT2D eigenvalue weighted by Gasteiger charge is -2.40. The number of nitrogen functional groups attached to an aromatic ring is 2. The Morgan fingerprint density at radius 1 is 0.629 bits per heavy atom. The molecule has 2 aliphatic heterocycles. The van der Waals surface area contributed by atoms with Gasteiger partial charge in [-0.1, -0.05) is 24.3 Å². The summed E-state index contributed by atoms with van der Waals surface area (Å²) in [7, 11) is 0. The average Bonchev–Trinajstić information content (AvgIpc) is 4.14. The molecule has 62 heavy (non-hydrogen) atoms. The Hall–Kier alpha value is -6.79. The highest BCUT2D eigenvalue weighted by atomic mass is 16.4. The second-order valence-corrected chi connectivity index (χ2v) is 16.0. The molecule has 2 fully saturated rings. The second kappa shape index (κ2) is 16.6. The van der Waals surface area contributed by atoms with Gasteiger partial charge in [-0.25, -0.2) is 19.9 Å². The number of hydrogen-bond acceptors (Lipinski definition) is 15. The van der Waals surface area contributed by atoms with E-state index in [9.17, 15) is 15.0 Å². The molecule has 2 aromatic carbocycles. The number of anilines is 2. The minimum Gasteiger partial charge on any atom is -0.436 e. The third kappa shape index (κ3) is 7.48. The molecular weight excluding hydrogens is 789 g/mol. The third-order valence-corrected chi connectivity index (χ3v) is 12.4. The number of pyridine rings is 2. The van der Waals surface area contributed by atoms with Crippen LogP contribution < -0.4 is 11.5 Å². The van der Waals surface area contributed by atoms with E-state index in [1.807, 2.05) is 105 Å². The molecule has 0 saturated carbocycles. The summed E-state index contributed by atoms with van der Waals surface area (Å²) >= 11 is 0. The fourth-order valence-corrected chi connectivity index (χ4v) is 8.87. The predicted molar refractivity (Wildman–Crippen MR) is 232 cm³/mol. The number of hydrogen-bond donors (Lipinski definition) is 4. The topological polar surface area (TPSA) is 230 Å². The fraction of sp³-hybridized carbons (Fsp3) is 0.311. The molecule has 2 atom stereocenters. The first-order valence-electron chi connectivity index (χ1n) is 20.9. The van der Waals surface area contributed by atoms with E-state index in [-0.39, 0.29) is 31.1 Å². The number of oxazole rings is 2. The van der Waals surface area contributed by atoms with Crippen molar-refractivity contribution in [3.8, 4) is 45.2 Å². The van der Waals surface area contributed by atoms with Crippen molar-refractivity contribution in [2.45, 2.75) is 49.9 Å². The zero-order valence-electron chi connectivity index (χ0n) is 33.9. The van der Waals surface area contributed by atoms with Crippen molar-refractivity contribution in [1.82, 2.24) is 49.3 Å². The van der Waals surface area contributed by atoms with Crippen molar-refractivity contribution < 1.29 is 23.8 Å². The van der Waals surface area contributed by atoms with Crippen molar-refractivity contribution in [2.75, 3.05) is 50.9 Å². The van der Waals surface area contributed by atoms with Gasteiger partial charge in [0, 0.05) is 73.2 Å². The number of benzene rings is 2. The van der Waals surface area contributed by atoms with Crippen molar-refractivity contribution in [1.29, 1.82) is 0 Å². The zero-order chi connectivity index (χ0) is 42.3. The molecule has 6 N–H and O–H groups in total. The minimum atomic E-state index is -0.716. The van der Waals surface area contributed by atoms with Crippen molar-refractivity contribution in [2.24, 2.45) is 0 Å². The number of ketones is 1. The van der Waals surface area contributed by atoms with Crippen LogP contribution in [-0.4, -0.2) is 117 Å². The van der Waals surface area contributed by atoms with E-state index < -0.39 is 12.1 Å². The zero-order valence-corrected chi connectivity index (χ0v) is 33.9. The van der Waals surface area contributed by atoms with Gasteiger partial charge in [0.2, 0.25) is 11.8 Å². The third-order valence-electron chi connectivity index (χ3n) is 12.4. The maximum atomic E-state index is 14.0. The van der Waals surface area contributed by atoms with Gasteiger partial charge in [-0.3, -0.25) is 24.0 Å². The van der Waals surface area contributed by atoms with Crippen LogP contribution in [0.3, 0.4) is 0 Å². The lowest BCUT2D eigenvalue weighted by atomic mass is 9.96. The largest absolute Gasteiger partial charge is 0.436 e. The highest BCUT2D eigenvalue weighted by molar-refractivity contribution is 5.89. The van der Waals surface area contributed by atoms with E-state index in [2.05, 4.69) is 19.9 Å². The highest BCUT2D eigenvalue weighted by Crippen LogP contribution is 2.35. The van der Waals surface area contributed by atoms with Crippen LogP contribution in [0.15, 0.2) is 107 Å². The number of para-hydroxylation sites is 4. The summed E-state index contributed by atoms with van der Waals surface area (Å²) in [5.74, 6) is 1.30. The molecule has 10 rings (SSSR count). The van der Waals surface area contributed by atoms with E-state index in [0.29, 0.717) is 71.9 Å². The maximum absolute atomic E-state index is 14.0. The monoisotopic (exact) mass is 834 g/mol. The van der Waals surface area contributed by atoms with Gasteiger partial charge >= 0.3 is 0 Å². The number of piperidine rings is 2. The molecule has 2 unspecified atom stereocenters. The van der Waals surface area contributed by atoms with Crippen LogP contribution in [0.5, 0.6) is 0 Å². The molecule has 0 amide bonds. The van der Waals surface area contributed by atoms with Crippen LogP contribution in [0.1, 0.15) is 37.8 Å². The highest BCUT2D eigenvalue weighted by Gasteiger charge is 2.38. The molecule has 2 aliphatic rings. The number of rotatable bonds is 12. The van der Waals surface area contributed by atoms with E-state index in [0.717, 1.165) is 59.0 Å². The van der Waals surface area contributed by atoms with Crippen molar-refractivity contribution >= 4 is 39.6 Å². The van der Waals surface area contributed by atoms with Gasteiger partial charge in [-0.05, 0) is 62.1 Å². The lowest BCUT2D eigenvalue weighted by molar-refractivity contribution is -0.134. The van der Waals surface area contributed by atoms with Crippen molar-refractivity contribution in [3.63, 3.8) is 0 Å². The number of carbonyl (C=O) groups is 1. The number of aliphatic hydroxyl groups excluding tert-OH is 2. The van der Waals surface area contributed by atoms with Gasteiger partial charge in [-0.2, -0.15) is 10.2 Å². The Balaban J connectivity index is 0.749. The molecule has 8 aromatic rings. The Labute approximate surface area is 355 Å². The Kier molecular flexibility index (Phi) is 10.5. The predicted octanol–water partition coefficient (Wildman–Crippen LogP) is 5.25. The fourth-order valence-electron chi connectivity index (χ4n) is 8.87. The molecule has 2 saturated heterocycles. The Morgan fingerprint density at radius 2 is 1.05 bits per heavy atom. The van der Waals surface area contributed by atoms with Crippen LogP contribution in [0.2, 0.25) is 0 Å². The lowest BCUT2D eigenvalue weighted by Crippen LogP contribution is -2.57. The number of Topliss-reactive ketones (excluding diaryl/α,β-unsaturated/α-hetero) is 1. The molecule has 0 radical (unpaired) electrons. The summed E-state index contributed by atoms with van der Waals surface area (Å²) in [5.41, 5.74) is 20.0. The quantitative estimate of drug-likeness (QED) is 0.123. The Bertz CT molecular complexity index is 2610. The molecule has 8 heterocycles. The molecule has 17 heteroatoms. The standard InChI is InChI=1S/C45H46N12O5/c46-42-33(44-52-35-5-1-3-7-39(35)61-44)17-27(19-48-42)29-21-50-56(23-29)31-9-13-54(14-10-31)37(25-58)41(60)38(26-59)55-15-11-32(12-16-55)57-24-30(22-51-57)28-18-34(43(47)49-20-28)45-53-36-6-2-4-8-40(36)62-45/h1-8,17-24,31-32,37-38,58-59H,9-16,25-26H2,(H2,46,48)(H2,47,49). The van der Waals surface area contributed by atoms with Crippen LogP contribution in [0.4, 0.5) is 11.6 Å². The van der Waals surface area contributed by atoms with Crippen molar-refractivity contribution in [3.05, 3.63) is 97.8 Å². The van der Waals surface area contributed by atoms with E-state index in [1.54, 1.807) is 12.4 Å². The van der Waals surface area contributed by atoms with Gasteiger partial charge in [0.15, 0.2) is 16.9 Å². The first-order valence-corrected chi connectivity index (χ1v) is 20.9. The van der Waals surface area contributed by atoms with Crippen LogP contribution in [0.25, 0.3) is 67.4 Å². The number of aromatic nitrogens is 8. The second-order valence-electron chi connectivity index (χ2n) is 16.0. The summed E-state index contributed by atoms with van der Waals surface area (Å²) < 4.78 is 15.9. The normalized spacial score (nSPS) is 16.9. The summed E-state index contributed by atoms with van der Waals surface area (Å²) in [6.45, 7) is 1.76. The number of nitrogens with zero attached hydrogens (tertiary/aromatic N) is 10. The molecule has 6 aromatic heterocycles. The van der Waals surface area contributed by atoms with Gasteiger partial charge in [0.05, 0.1) is 60.9 Å². The van der Waals surface area contributed by atoms with Gasteiger partial charge < -0.3 is 30.5 Å². The molecule has 0 aliphatic carbocycles. The molecular formula is C45H46N12O5. The number of fused-ring (bicyclic) bond motifs is 2. The number of likely N-dealkylation sites (tertiary alicyclic amines) is 2. The first-order chi connectivity index (χ1) is 30.3. The summed E-state index contributed by atoms with van der Waals surface area (Å²) in [4.78, 5) is 36.2. The van der Waals surface area contributed by atoms with Gasteiger partial charge in [-0.15, -0.1) is 0 Å². The SMILES string of the molecule is Nc1ncc(-c2cnn(C3CCN(C(CO)C(=O)C(CO)N4CCC(n5cc(-c6cnc(N)c(-c7nc8ccccc8o7)c6)cn5)CC4)CC3)c2)cc1-c1nc2ccccc2o1. The molecule has 316 valence electrons. The summed E-state index contributed by atoms with van der Waals surface area (Å²) in [5, 5.41) is 30.5. The van der Waals surface area contributed by atoms with Gasteiger partial charge in [0.25, 0.3) is 0 Å². The van der Waals surface area contributed by atoms with Crippen LogP contribution in [-0.2, 0) is 4.79 Å². The number of carbonyl (C=O) groups excluding carboxylic acids is 1. The minimum absolute atomic E-state index is 0.107. The molecule has 0 spiro atoms. The number of aliphatic hydroxyl groups is 2. The molecule has 0 bridgehead atoms. The summed E-state index contributed by atoms with van der Waals surface area (Å²) in [6.07, 6.45) is 14.0. The van der Waals surface area contributed by atoms with E-state index >= 15 is 0 Å². The average molecular weight is 835 g/mol. The van der Waals surface area contributed by atoms with Gasteiger partial charge in [0.1, 0.15) is 22.7 Å². The summed E-state index contributed by atoms with van der Waals surface area (Å²) in [6, 6.07) is 17.7. The molecule has 17 nitrogen and oxygen atoms in total. The van der Waals surface area contributed by atoms with E-state index in [1.165, 1.54) is 0 Å². The van der Waals surface area contributed by atoms with E-state index in [4.69, 9.17) is 30.5 Å². The Morgan fingerprint density at radius 3 is 1.45 bits per heavy atom. The van der Waals surface area contributed by atoms with Crippen LogP contribution in [0, 0.1) is 0 Å². The smallest absolute Gasteiger partial charge is 0.231 e. The maximum Gasteiger partial charge on any atom is 0.231 e. The van der Waals surface area contributed by atoms with Crippen LogP contribution >= 0.6 is 0 Å². The first kappa shape index (κ1) is 39.4.